The molecule has 4 heterocycles. The summed E-state index contributed by atoms with van der Waals surface area (Å²) < 4.78 is 16.1. The molecule has 0 aliphatic rings. The molecule has 0 spiro atoms. The summed E-state index contributed by atoms with van der Waals surface area (Å²) in [5.41, 5.74) is 2.88. The molecule has 0 saturated carbocycles. The standard InChI is InChI=1S/C23H25N3O6S2.C22H23N3O6S2/c1-14-19(34-23(25-14)32-10-4-7-15-6-3-8-16(27)12-15)21(29)26-17(22(30)31-2)13-24-20(28)18-9-5-11-33-18;1-13-18(33-22(24-13)31-9-3-6-14-5-2-7-15(26)11-14)20(28)25-16(21(29)30)12-23-19(27)17-8-4-10-32-17/h3,5-6,8-9,11-12,17,27H,4,7,10,13H2,1-2H3,(H,24,28)(H,26,29);2,4-5,7-8,10-11,16,26H,3,6,9,12H2,1H3,(H,23,27)(H,25,28)(H,29,30)/t17-;16-/m00/s1. The molecule has 354 valence electrons. The fourth-order valence-corrected chi connectivity index (χ4v) is 8.92. The van der Waals surface area contributed by atoms with E-state index in [2.05, 4.69) is 31.2 Å². The first-order valence-electron chi connectivity index (χ1n) is 20.5. The number of aromatic hydroxyl groups is 2. The van der Waals surface area contributed by atoms with Gasteiger partial charge in [-0.2, -0.15) is 0 Å². The van der Waals surface area contributed by atoms with E-state index in [1.807, 2.05) is 12.1 Å². The molecule has 0 radical (unpaired) electrons. The number of phenolic OH excluding ortho intramolecular Hbond substituents is 2. The van der Waals surface area contributed by atoms with Crippen LogP contribution in [0.5, 0.6) is 21.9 Å². The highest BCUT2D eigenvalue weighted by Crippen LogP contribution is 2.26. The van der Waals surface area contributed by atoms with Crippen molar-refractivity contribution < 1.29 is 58.3 Å². The summed E-state index contributed by atoms with van der Waals surface area (Å²) in [6, 6.07) is 18.4. The van der Waals surface area contributed by atoms with Crippen molar-refractivity contribution in [2.24, 2.45) is 0 Å². The zero-order valence-corrected chi connectivity index (χ0v) is 39.7. The molecule has 22 heteroatoms. The molecule has 0 saturated heterocycles. The number of carbonyl (C=O) groups excluding carboxylic acids is 5. The Morgan fingerprint density at radius 3 is 1.48 bits per heavy atom. The number of methoxy groups -OCH3 is 1. The maximum atomic E-state index is 12.8. The molecule has 6 rings (SSSR count). The van der Waals surface area contributed by atoms with Crippen LogP contribution >= 0.6 is 45.3 Å². The molecule has 0 bridgehead atoms. The fourth-order valence-electron chi connectivity index (χ4n) is 5.95. The normalized spacial score (nSPS) is 11.5. The number of aryl methyl sites for hydroxylation is 4. The number of amides is 4. The van der Waals surface area contributed by atoms with Gasteiger partial charge in [0.15, 0.2) is 0 Å². The number of carboxylic acids is 1. The average Bonchev–Trinajstić information content (AvgIpc) is 4.16. The molecule has 2 atom stereocenters. The number of thiophene rings is 2. The predicted octanol–water partition coefficient (Wildman–Crippen LogP) is 5.77. The highest BCUT2D eigenvalue weighted by molar-refractivity contribution is 7.16. The van der Waals surface area contributed by atoms with Crippen LogP contribution in [0.4, 0.5) is 0 Å². The highest BCUT2D eigenvalue weighted by atomic mass is 32.1. The third-order valence-electron chi connectivity index (χ3n) is 9.28. The van der Waals surface area contributed by atoms with Gasteiger partial charge in [0, 0.05) is 13.1 Å². The van der Waals surface area contributed by atoms with Crippen LogP contribution in [0.1, 0.15) is 74.0 Å². The number of benzene rings is 2. The highest BCUT2D eigenvalue weighted by Gasteiger charge is 2.27. The van der Waals surface area contributed by atoms with Crippen molar-refractivity contribution in [3.63, 3.8) is 0 Å². The Kier molecular flexibility index (Phi) is 19.6. The van der Waals surface area contributed by atoms with Gasteiger partial charge >= 0.3 is 11.9 Å². The number of hydrogen-bond acceptors (Lipinski definition) is 17. The summed E-state index contributed by atoms with van der Waals surface area (Å²) in [7, 11) is 1.21. The van der Waals surface area contributed by atoms with Crippen LogP contribution in [-0.4, -0.2) is 106 Å². The average molecular weight is 993 g/mol. The molecule has 0 fully saturated rings. The van der Waals surface area contributed by atoms with Crippen LogP contribution in [0.2, 0.25) is 0 Å². The summed E-state index contributed by atoms with van der Waals surface area (Å²) in [4.78, 5) is 83.3. The first kappa shape index (κ1) is 51.1. The Morgan fingerprint density at radius 2 is 1.07 bits per heavy atom. The minimum Gasteiger partial charge on any atom is -0.508 e. The molecule has 4 amide bonds. The smallest absolute Gasteiger partial charge is 0.330 e. The van der Waals surface area contributed by atoms with E-state index in [1.54, 1.807) is 85.3 Å². The molecule has 0 aliphatic carbocycles. The topological polar surface area (TPSA) is 265 Å². The minimum atomic E-state index is -1.30. The van der Waals surface area contributed by atoms with Gasteiger partial charge < -0.3 is 50.8 Å². The third-order valence-corrected chi connectivity index (χ3v) is 13.2. The molecule has 2 aromatic carbocycles. The number of aromatic nitrogens is 2. The van der Waals surface area contributed by atoms with Crippen molar-refractivity contribution in [3.8, 4) is 21.9 Å². The van der Waals surface area contributed by atoms with Gasteiger partial charge in [0.05, 0.1) is 41.5 Å². The maximum Gasteiger partial charge on any atom is 0.330 e. The minimum absolute atomic E-state index is 0.120. The zero-order valence-electron chi connectivity index (χ0n) is 36.4. The van der Waals surface area contributed by atoms with E-state index < -0.39 is 41.7 Å². The molecular weight excluding hydrogens is 945 g/mol. The molecule has 0 unspecified atom stereocenters. The number of nitrogens with one attached hydrogen (secondary N) is 4. The lowest BCUT2D eigenvalue weighted by Gasteiger charge is -2.16. The lowest BCUT2D eigenvalue weighted by Crippen LogP contribution is -2.48. The van der Waals surface area contributed by atoms with Crippen LogP contribution in [0, 0.1) is 13.8 Å². The van der Waals surface area contributed by atoms with Gasteiger partial charge in [0.2, 0.25) is 0 Å². The lowest BCUT2D eigenvalue weighted by molar-refractivity contribution is -0.142. The number of ether oxygens (including phenoxy) is 3. The first-order chi connectivity index (χ1) is 32.2. The Morgan fingerprint density at radius 1 is 0.627 bits per heavy atom. The van der Waals surface area contributed by atoms with Crippen LogP contribution in [-0.2, 0) is 27.2 Å². The second-order valence-corrected chi connectivity index (χ2v) is 18.1. The Labute approximate surface area is 401 Å². The van der Waals surface area contributed by atoms with Crippen molar-refractivity contribution in [1.29, 1.82) is 0 Å². The molecular formula is C45H48N6O12S4. The van der Waals surface area contributed by atoms with Gasteiger partial charge in [-0.3, -0.25) is 19.2 Å². The number of thiazole rings is 2. The van der Waals surface area contributed by atoms with Gasteiger partial charge in [-0.25, -0.2) is 19.6 Å². The van der Waals surface area contributed by atoms with Crippen LogP contribution in [0.3, 0.4) is 0 Å². The van der Waals surface area contributed by atoms with Crippen molar-refractivity contribution in [2.75, 3.05) is 33.4 Å². The number of hydrogen-bond donors (Lipinski definition) is 7. The van der Waals surface area contributed by atoms with E-state index >= 15 is 0 Å². The van der Waals surface area contributed by atoms with Crippen molar-refractivity contribution in [3.05, 3.63) is 126 Å². The van der Waals surface area contributed by atoms with E-state index in [9.17, 15) is 44.1 Å². The SMILES string of the molecule is COC(=O)[C@H](CNC(=O)c1cccs1)NC(=O)c1sc(OCCCc2cccc(O)c2)nc1C.Cc1nc(OCCCc2cccc(O)c2)sc1C(=O)N[C@@H](CNC(=O)c1cccs1)C(=O)O. The van der Waals surface area contributed by atoms with Gasteiger partial charge in [0.1, 0.15) is 33.3 Å². The second kappa shape index (κ2) is 25.7. The molecule has 67 heavy (non-hydrogen) atoms. The number of phenols is 2. The predicted molar refractivity (Wildman–Crippen MR) is 253 cm³/mol. The van der Waals surface area contributed by atoms with Crippen molar-refractivity contribution in [2.45, 2.75) is 51.6 Å². The van der Waals surface area contributed by atoms with Gasteiger partial charge in [0.25, 0.3) is 34.0 Å². The summed E-state index contributed by atoms with van der Waals surface area (Å²) in [6.07, 6.45) is 2.83. The monoisotopic (exact) mass is 992 g/mol. The number of carbonyl (C=O) groups is 6. The number of aliphatic carboxylic acids is 1. The third kappa shape index (κ3) is 16.2. The summed E-state index contributed by atoms with van der Waals surface area (Å²) in [6.45, 7) is 3.70. The van der Waals surface area contributed by atoms with Gasteiger partial charge in [-0.1, -0.05) is 59.1 Å². The Balaban J connectivity index is 0.000000251. The number of rotatable bonds is 22. The van der Waals surface area contributed by atoms with E-state index in [1.165, 1.54) is 29.8 Å². The summed E-state index contributed by atoms with van der Waals surface area (Å²) >= 11 is 4.61. The fraction of sp³-hybridized carbons (Fsp3) is 0.289. The van der Waals surface area contributed by atoms with E-state index in [0.717, 1.165) is 40.2 Å². The van der Waals surface area contributed by atoms with Crippen LogP contribution in [0.25, 0.3) is 0 Å². The Bertz CT molecular complexity index is 2600. The second-order valence-electron chi connectivity index (χ2n) is 14.3. The summed E-state index contributed by atoms with van der Waals surface area (Å²) in [5, 5.41) is 42.8. The van der Waals surface area contributed by atoms with Gasteiger partial charge in [-0.15, -0.1) is 22.7 Å². The largest absolute Gasteiger partial charge is 0.508 e. The molecule has 0 aliphatic heterocycles. The Hall–Kier alpha value is -6.88. The van der Waals surface area contributed by atoms with Crippen molar-refractivity contribution >= 4 is 80.9 Å². The molecule has 18 nitrogen and oxygen atoms in total. The van der Waals surface area contributed by atoms with E-state index in [0.29, 0.717) is 68.9 Å². The van der Waals surface area contributed by atoms with Crippen molar-refractivity contribution in [1.82, 2.24) is 31.2 Å². The molecule has 7 N–H and O–H groups in total. The van der Waals surface area contributed by atoms with Gasteiger partial charge in [-0.05, 0) is 97.8 Å². The summed E-state index contributed by atoms with van der Waals surface area (Å²) in [5.74, 6) is -3.35. The van der Waals surface area contributed by atoms with Crippen LogP contribution < -0.4 is 30.7 Å². The van der Waals surface area contributed by atoms with E-state index in [4.69, 9.17) is 14.2 Å². The lowest BCUT2D eigenvalue weighted by atomic mass is 10.1. The quantitative estimate of drug-likeness (QED) is 0.0315. The van der Waals surface area contributed by atoms with Crippen LogP contribution in [0.15, 0.2) is 83.6 Å². The maximum absolute atomic E-state index is 12.8. The number of esters is 1. The molecule has 4 aromatic heterocycles. The first-order valence-corrected chi connectivity index (χ1v) is 23.9. The molecule has 6 aromatic rings. The van der Waals surface area contributed by atoms with E-state index in [-0.39, 0.29) is 35.4 Å². The zero-order chi connectivity index (χ0) is 48.3. The number of nitrogens with zero attached hydrogens (tertiary/aromatic N) is 2. The number of carboxylic acid groups (broad SMARTS) is 1.